The second-order valence-electron chi connectivity index (χ2n) is 4.75. The number of benzene rings is 3. The molecule has 0 aliphatic carbocycles. The average Bonchev–Trinajstić information content (AvgIpc) is 2.90. The summed E-state index contributed by atoms with van der Waals surface area (Å²) in [5, 5.41) is 15.7. The summed E-state index contributed by atoms with van der Waals surface area (Å²) in [5.74, 6) is -0.222. The number of nitrogens with zero attached hydrogens (tertiary/aromatic N) is 1. The molecule has 0 saturated carbocycles. The Labute approximate surface area is 113 Å². The molecule has 96 valence electrons. The quantitative estimate of drug-likeness (QED) is 0.285. The Kier molecular flexibility index (Phi) is 2.09. The number of fused-ring (bicyclic) bond motifs is 4. The predicted octanol–water partition coefficient (Wildman–Crippen LogP) is 4.65. The summed E-state index contributed by atoms with van der Waals surface area (Å²) in [6.07, 6.45) is 0. The molecule has 0 aliphatic rings. The fourth-order valence-corrected chi connectivity index (χ4v) is 2.59. The van der Waals surface area contributed by atoms with Crippen LogP contribution in [0.1, 0.15) is 0 Å². The Bertz CT molecular complexity index is 985. The molecular weight excluding hydrogens is 254 g/mol. The lowest BCUT2D eigenvalue weighted by Crippen LogP contribution is -1.82. The molecule has 0 saturated heterocycles. The van der Waals surface area contributed by atoms with Crippen molar-refractivity contribution < 1.29 is 9.34 Å². The molecule has 4 rings (SSSR count). The highest BCUT2D eigenvalue weighted by molar-refractivity contribution is 6.10. The van der Waals surface area contributed by atoms with Gasteiger partial charge in [-0.1, -0.05) is 36.4 Å². The van der Waals surface area contributed by atoms with Crippen LogP contribution in [0, 0.1) is 10.1 Å². The van der Waals surface area contributed by atoms with Crippen LogP contribution in [-0.4, -0.2) is 4.92 Å². The van der Waals surface area contributed by atoms with Crippen LogP contribution in [0.25, 0.3) is 32.5 Å². The lowest BCUT2D eigenvalue weighted by Gasteiger charge is -2.02. The van der Waals surface area contributed by atoms with Crippen molar-refractivity contribution in [1.29, 1.82) is 0 Å². The summed E-state index contributed by atoms with van der Waals surface area (Å²) in [5.41, 5.74) is 0.569. The second-order valence-corrected chi connectivity index (χ2v) is 4.75. The molecule has 1 aromatic heterocycles. The fraction of sp³-hybridized carbons (Fsp3) is 0. The molecule has 3 aromatic carbocycles. The standard InChI is InChI=1S/C16H9NO3/c18-17(19)15-9-13-6-5-12-7-10-3-1-2-4-11(10)8-14(12)16(13)20-15/h1-9H. The van der Waals surface area contributed by atoms with Crippen molar-refractivity contribution in [3.05, 3.63) is 64.7 Å². The third-order valence-corrected chi connectivity index (χ3v) is 3.53. The summed E-state index contributed by atoms with van der Waals surface area (Å²) < 4.78 is 5.39. The molecule has 1 heterocycles. The molecule has 0 atom stereocenters. The molecule has 4 heteroatoms. The van der Waals surface area contributed by atoms with Gasteiger partial charge in [0, 0.05) is 10.8 Å². The molecule has 0 amide bonds. The van der Waals surface area contributed by atoms with Gasteiger partial charge in [-0.2, -0.15) is 0 Å². The maximum Gasteiger partial charge on any atom is 0.434 e. The summed E-state index contributed by atoms with van der Waals surface area (Å²) in [6, 6.07) is 17.4. The Hall–Kier alpha value is -2.88. The van der Waals surface area contributed by atoms with Crippen LogP contribution in [-0.2, 0) is 0 Å². The highest BCUT2D eigenvalue weighted by Crippen LogP contribution is 2.33. The minimum Gasteiger partial charge on any atom is -0.400 e. The third-order valence-electron chi connectivity index (χ3n) is 3.53. The number of furan rings is 1. The van der Waals surface area contributed by atoms with Crippen molar-refractivity contribution in [3.8, 4) is 0 Å². The number of nitro groups is 1. The van der Waals surface area contributed by atoms with E-state index in [1.807, 2.05) is 42.5 Å². The molecule has 0 radical (unpaired) electrons. The summed E-state index contributed by atoms with van der Waals surface area (Å²) in [6.45, 7) is 0. The first-order valence-electron chi connectivity index (χ1n) is 6.22. The zero-order valence-electron chi connectivity index (χ0n) is 10.4. The van der Waals surface area contributed by atoms with Crippen molar-refractivity contribution in [2.24, 2.45) is 0 Å². The summed E-state index contributed by atoms with van der Waals surface area (Å²) in [4.78, 5) is 10.3. The highest BCUT2D eigenvalue weighted by atomic mass is 16.6. The van der Waals surface area contributed by atoms with E-state index in [9.17, 15) is 10.1 Å². The monoisotopic (exact) mass is 263 g/mol. The van der Waals surface area contributed by atoms with Crippen molar-refractivity contribution in [1.82, 2.24) is 0 Å². The minimum atomic E-state index is -0.507. The third kappa shape index (κ3) is 1.48. The first-order valence-corrected chi connectivity index (χ1v) is 6.22. The normalized spacial score (nSPS) is 11.4. The van der Waals surface area contributed by atoms with Gasteiger partial charge in [0.15, 0.2) is 0 Å². The van der Waals surface area contributed by atoms with Crippen LogP contribution in [0.15, 0.2) is 59.0 Å². The Morgan fingerprint density at radius 1 is 0.850 bits per heavy atom. The van der Waals surface area contributed by atoms with E-state index >= 15 is 0 Å². The van der Waals surface area contributed by atoms with Crippen molar-refractivity contribution >= 4 is 38.4 Å². The van der Waals surface area contributed by atoms with Gasteiger partial charge < -0.3 is 4.42 Å². The topological polar surface area (TPSA) is 56.3 Å². The molecule has 20 heavy (non-hydrogen) atoms. The van der Waals surface area contributed by atoms with Crippen LogP contribution in [0.4, 0.5) is 5.88 Å². The zero-order valence-corrected chi connectivity index (χ0v) is 10.4. The molecular formula is C16H9NO3. The molecule has 0 N–H and O–H groups in total. The van der Waals surface area contributed by atoms with Gasteiger partial charge in [-0.3, -0.25) is 10.1 Å². The molecule has 0 fully saturated rings. The van der Waals surface area contributed by atoms with Crippen LogP contribution in [0.3, 0.4) is 0 Å². The predicted molar refractivity (Wildman–Crippen MR) is 77.9 cm³/mol. The van der Waals surface area contributed by atoms with Crippen LogP contribution >= 0.6 is 0 Å². The summed E-state index contributed by atoms with van der Waals surface area (Å²) >= 11 is 0. The molecule has 4 nitrogen and oxygen atoms in total. The lowest BCUT2D eigenvalue weighted by molar-refractivity contribution is -0.401. The van der Waals surface area contributed by atoms with E-state index in [4.69, 9.17) is 4.42 Å². The van der Waals surface area contributed by atoms with Crippen molar-refractivity contribution in [2.45, 2.75) is 0 Å². The number of rotatable bonds is 1. The van der Waals surface area contributed by atoms with Crippen molar-refractivity contribution in [2.75, 3.05) is 0 Å². The van der Waals surface area contributed by atoms with E-state index in [-0.39, 0.29) is 5.88 Å². The van der Waals surface area contributed by atoms with E-state index < -0.39 is 4.92 Å². The largest absolute Gasteiger partial charge is 0.434 e. The lowest BCUT2D eigenvalue weighted by atomic mass is 10.0. The van der Waals surface area contributed by atoms with E-state index in [1.54, 1.807) is 0 Å². The van der Waals surface area contributed by atoms with E-state index in [0.717, 1.165) is 26.9 Å². The second kappa shape index (κ2) is 3.81. The van der Waals surface area contributed by atoms with Crippen LogP contribution in [0.5, 0.6) is 0 Å². The van der Waals surface area contributed by atoms with Gasteiger partial charge in [-0.15, -0.1) is 0 Å². The fourth-order valence-electron chi connectivity index (χ4n) is 2.59. The smallest absolute Gasteiger partial charge is 0.400 e. The van der Waals surface area contributed by atoms with Gasteiger partial charge in [0.2, 0.25) is 0 Å². The van der Waals surface area contributed by atoms with E-state index in [2.05, 4.69) is 6.07 Å². The summed E-state index contributed by atoms with van der Waals surface area (Å²) in [7, 11) is 0. The Morgan fingerprint density at radius 3 is 2.30 bits per heavy atom. The van der Waals surface area contributed by atoms with E-state index in [1.165, 1.54) is 6.07 Å². The maximum absolute atomic E-state index is 10.8. The first kappa shape index (κ1) is 11.0. The van der Waals surface area contributed by atoms with Gasteiger partial charge in [0.05, 0.1) is 6.07 Å². The van der Waals surface area contributed by atoms with Gasteiger partial charge in [-0.05, 0) is 28.3 Å². The molecule has 0 bridgehead atoms. The van der Waals surface area contributed by atoms with Crippen molar-refractivity contribution in [3.63, 3.8) is 0 Å². The van der Waals surface area contributed by atoms with E-state index in [0.29, 0.717) is 5.58 Å². The molecule has 4 aromatic rings. The number of hydrogen-bond acceptors (Lipinski definition) is 3. The molecule has 0 unspecified atom stereocenters. The number of hydrogen-bond donors (Lipinski definition) is 0. The van der Waals surface area contributed by atoms with Gasteiger partial charge in [0.1, 0.15) is 10.5 Å². The maximum atomic E-state index is 10.8. The molecule has 0 spiro atoms. The van der Waals surface area contributed by atoms with Gasteiger partial charge >= 0.3 is 5.88 Å². The van der Waals surface area contributed by atoms with Crippen LogP contribution < -0.4 is 0 Å². The van der Waals surface area contributed by atoms with Gasteiger partial charge in [0.25, 0.3) is 0 Å². The SMILES string of the molecule is O=[N+]([O-])c1cc2ccc3cc4ccccc4cc3c2o1. The Balaban J connectivity index is 2.16. The Morgan fingerprint density at radius 2 is 1.55 bits per heavy atom. The minimum absolute atomic E-state index is 0.222. The average molecular weight is 263 g/mol. The first-order chi connectivity index (χ1) is 9.72. The van der Waals surface area contributed by atoms with Gasteiger partial charge in [-0.25, -0.2) is 0 Å². The molecule has 0 aliphatic heterocycles. The van der Waals surface area contributed by atoms with Crippen LogP contribution in [0.2, 0.25) is 0 Å². The highest BCUT2D eigenvalue weighted by Gasteiger charge is 2.15. The zero-order chi connectivity index (χ0) is 13.7.